The van der Waals surface area contributed by atoms with E-state index in [0.29, 0.717) is 6.04 Å². The third-order valence-electron chi connectivity index (χ3n) is 2.07. The summed E-state index contributed by atoms with van der Waals surface area (Å²) in [6.45, 7) is 2.26. The first-order valence-electron chi connectivity index (χ1n) is 4.46. The van der Waals surface area contributed by atoms with E-state index in [4.69, 9.17) is 5.11 Å². The van der Waals surface area contributed by atoms with Crippen LogP contribution in [0.3, 0.4) is 0 Å². The standard InChI is InChI=1S/C9H16N2OS2/c1-7(6-13-3)11(2)9-10-4-8(5-12)14-9/h4,7,12H,5-6H2,1-3H3. The summed E-state index contributed by atoms with van der Waals surface area (Å²) in [5.74, 6) is 1.09. The van der Waals surface area contributed by atoms with Gasteiger partial charge in [-0.25, -0.2) is 4.98 Å². The second-order valence-corrected chi connectivity index (χ2v) is 5.19. The number of thioether (sulfide) groups is 1. The smallest absolute Gasteiger partial charge is 0.185 e. The van der Waals surface area contributed by atoms with Crippen LogP contribution in [0, 0.1) is 0 Å². The van der Waals surface area contributed by atoms with Crippen LogP contribution in [0.15, 0.2) is 6.20 Å². The molecule has 1 atom stereocenters. The molecule has 5 heteroatoms. The lowest BCUT2D eigenvalue weighted by molar-refractivity contribution is 0.285. The van der Waals surface area contributed by atoms with Gasteiger partial charge in [0.15, 0.2) is 5.13 Å². The molecule has 1 heterocycles. The topological polar surface area (TPSA) is 36.4 Å². The zero-order valence-electron chi connectivity index (χ0n) is 8.73. The average molecular weight is 232 g/mol. The van der Waals surface area contributed by atoms with E-state index in [1.54, 1.807) is 17.5 Å². The van der Waals surface area contributed by atoms with Gasteiger partial charge in [0, 0.05) is 25.0 Å². The molecule has 80 valence electrons. The van der Waals surface area contributed by atoms with Gasteiger partial charge in [0.2, 0.25) is 0 Å². The van der Waals surface area contributed by atoms with Crippen LogP contribution < -0.4 is 4.90 Å². The third-order valence-corrected chi connectivity index (χ3v) is 3.96. The number of hydrogen-bond donors (Lipinski definition) is 1. The molecule has 1 unspecified atom stereocenters. The Bertz CT molecular complexity index is 278. The first-order valence-corrected chi connectivity index (χ1v) is 6.67. The molecule has 0 fully saturated rings. The van der Waals surface area contributed by atoms with E-state index in [2.05, 4.69) is 23.1 Å². The Morgan fingerprint density at radius 2 is 2.43 bits per heavy atom. The van der Waals surface area contributed by atoms with Crippen LogP contribution in [0.4, 0.5) is 5.13 Å². The highest BCUT2D eigenvalue weighted by Gasteiger charge is 2.12. The Balaban J connectivity index is 2.63. The molecule has 1 rings (SSSR count). The maximum Gasteiger partial charge on any atom is 0.185 e. The van der Waals surface area contributed by atoms with Crippen LogP contribution in [0.5, 0.6) is 0 Å². The number of hydrogen-bond acceptors (Lipinski definition) is 5. The zero-order chi connectivity index (χ0) is 10.6. The van der Waals surface area contributed by atoms with Crippen molar-refractivity contribution < 1.29 is 5.11 Å². The summed E-state index contributed by atoms with van der Waals surface area (Å²) in [5, 5.41) is 9.90. The number of nitrogens with zero attached hydrogens (tertiary/aromatic N) is 2. The number of anilines is 1. The van der Waals surface area contributed by atoms with E-state index in [1.807, 2.05) is 18.8 Å². The second-order valence-electron chi connectivity index (χ2n) is 3.18. The van der Waals surface area contributed by atoms with E-state index in [0.717, 1.165) is 15.8 Å². The molecule has 0 saturated heterocycles. The molecule has 0 aliphatic carbocycles. The van der Waals surface area contributed by atoms with Gasteiger partial charge in [0.1, 0.15) is 0 Å². The average Bonchev–Trinajstić information content (AvgIpc) is 2.65. The van der Waals surface area contributed by atoms with E-state index in [9.17, 15) is 0 Å². The molecule has 0 aliphatic heterocycles. The Hall–Kier alpha value is -0.260. The predicted octanol–water partition coefficient (Wildman–Crippen LogP) is 1.82. The van der Waals surface area contributed by atoms with E-state index in [1.165, 1.54) is 0 Å². The van der Waals surface area contributed by atoms with Crippen LogP contribution in [0.25, 0.3) is 0 Å². The fourth-order valence-corrected chi connectivity index (χ4v) is 2.61. The van der Waals surface area contributed by atoms with Crippen molar-refractivity contribution in [1.82, 2.24) is 4.98 Å². The number of aliphatic hydroxyl groups excluding tert-OH is 1. The second kappa shape index (κ2) is 5.58. The van der Waals surface area contributed by atoms with E-state index < -0.39 is 0 Å². The molecule has 0 spiro atoms. The van der Waals surface area contributed by atoms with Crippen molar-refractivity contribution >= 4 is 28.2 Å². The molecule has 1 aromatic heterocycles. The molecule has 14 heavy (non-hydrogen) atoms. The van der Waals surface area contributed by atoms with Crippen molar-refractivity contribution in [3.8, 4) is 0 Å². The number of aliphatic hydroxyl groups is 1. The van der Waals surface area contributed by atoms with Crippen molar-refractivity contribution in [3.05, 3.63) is 11.1 Å². The molecular formula is C9H16N2OS2. The first-order chi connectivity index (χ1) is 6.69. The molecule has 0 bridgehead atoms. The lowest BCUT2D eigenvalue weighted by Gasteiger charge is -2.23. The maximum atomic E-state index is 8.92. The number of thiazole rings is 1. The monoisotopic (exact) mass is 232 g/mol. The van der Waals surface area contributed by atoms with E-state index >= 15 is 0 Å². The van der Waals surface area contributed by atoms with Gasteiger partial charge in [-0.1, -0.05) is 11.3 Å². The summed E-state index contributed by atoms with van der Waals surface area (Å²) in [6.07, 6.45) is 3.84. The van der Waals surface area contributed by atoms with Crippen LogP contribution in [0.2, 0.25) is 0 Å². The van der Waals surface area contributed by atoms with Crippen LogP contribution >= 0.6 is 23.1 Å². The van der Waals surface area contributed by atoms with Crippen molar-refractivity contribution in [2.24, 2.45) is 0 Å². The van der Waals surface area contributed by atoms with Crippen molar-refractivity contribution in [2.45, 2.75) is 19.6 Å². The summed E-state index contributed by atoms with van der Waals surface area (Å²) >= 11 is 3.38. The highest BCUT2D eigenvalue weighted by Crippen LogP contribution is 2.23. The Morgan fingerprint density at radius 1 is 1.71 bits per heavy atom. The molecule has 1 N–H and O–H groups in total. The summed E-state index contributed by atoms with van der Waals surface area (Å²) in [4.78, 5) is 7.34. The fourth-order valence-electron chi connectivity index (χ4n) is 1.07. The molecule has 0 amide bonds. The minimum atomic E-state index is 0.0857. The lowest BCUT2D eigenvalue weighted by atomic mass is 10.4. The predicted molar refractivity (Wildman–Crippen MR) is 64.3 cm³/mol. The minimum absolute atomic E-state index is 0.0857. The van der Waals surface area contributed by atoms with Gasteiger partial charge in [-0.15, -0.1) is 0 Å². The molecule has 0 aromatic carbocycles. The molecular weight excluding hydrogens is 216 g/mol. The van der Waals surface area contributed by atoms with Gasteiger partial charge in [0.05, 0.1) is 11.5 Å². The van der Waals surface area contributed by atoms with Crippen LogP contribution in [0.1, 0.15) is 11.8 Å². The quantitative estimate of drug-likeness (QED) is 0.840. The summed E-state index contributed by atoms with van der Waals surface area (Å²) in [6, 6.07) is 0.475. The van der Waals surface area contributed by atoms with Crippen molar-refractivity contribution in [3.63, 3.8) is 0 Å². The first kappa shape index (κ1) is 11.8. The van der Waals surface area contributed by atoms with Crippen molar-refractivity contribution in [1.29, 1.82) is 0 Å². The summed E-state index contributed by atoms with van der Waals surface area (Å²) in [7, 11) is 2.04. The minimum Gasteiger partial charge on any atom is -0.391 e. The number of rotatable bonds is 5. The lowest BCUT2D eigenvalue weighted by Crippen LogP contribution is -2.30. The molecule has 0 radical (unpaired) electrons. The normalized spacial score (nSPS) is 12.9. The van der Waals surface area contributed by atoms with Gasteiger partial charge in [-0.3, -0.25) is 0 Å². The SMILES string of the molecule is CSCC(C)N(C)c1ncc(CO)s1. The Morgan fingerprint density at radius 3 is 2.93 bits per heavy atom. The van der Waals surface area contributed by atoms with Crippen LogP contribution in [-0.4, -0.2) is 35.2 Å². The van der Waals surface area contributed by atoms with Gasteiger partial charge in [0.25, 0.3) is 0 Å². The maximum absolute atomic E-state index is 8.92. The van der Waals surface area contributed by atoms with Gasteiger partial charge in [-0.05, 0) is 13.2 Å². The van der Waals surface area contributed by atoms with E-state index in [-0.39, 0.29) is 6.61 Å². The fraction of sp³-hybridized carbons (Fsp3) is 0.667. The Labute approximate surface area is 93.2 Å². The van der Waals surface area contributed by atoms with Gasteiger partial charge < -0.3 is 10.0 Å². The highest BCUT2D eigenvalue weighted by molar-refractivity contribution is 7.98. The van der Waals surface area contributed by atoms with Gasteiger partial charge in [-0.2, -0.15) is 11.8 Å². The molecule has 0 aliphatic rings. The summed E-state index contributed by atoms with van der Waals surface area (Å²) in [5.41, 5.74) is 0. The highest BCUT2D eigenvalue weighted by atomic mass is 32.2. The third kappa shape index (κ3) is 2.87. The summed E-state index contributed by atoms with van der Waals surface area (Å²) < 4.78 is 0. The largest absolute Gasteiger partial charge is 0.391 e. The molecule has 0 saturated carbocycles. The zero-order valence-corrected chi connectivity index (χ0v) is 10.4. The molecule has 3 nitrogen and oxygen atoms in total. The molecule has 1 aromatic rings. The van der Waals surface area contributed by atoms with Crippen LogP contribution in [-0.2, 0) is 6.61 Å². The number of aromatic nitrogens is 1. The van der Waals surface area contributed by atoms with Crippen molar-refractivity contribution in [2.75, 3.05) is 24.0 Å². The Kier molecular flexibility index (Phi) is 4.71. The van der Waals surface area contributed by atoms with Gasteiger partial charge >= 0.3 is 0 Å².